The number of benzene rings is 1. The van der Waals surface area contributed by atoms with Crippen LogP contribution in [-0.2, 0) is 11.8 Å². The molecule has 0 saturated heterocycles. The number of thiazole rings is 1. The third kappa shape index (κ3) is 3.99. The normalized spacial score (nSPS) is 14.0. The molecule has 3 aromatic rings. The van der Waals surface area contributed by atoms with Crippen molar-refractivity contribution in [2.45, 2.75) is 58.8 Å². The first-order chi connectivity index (χ1) is 14.2. The summed E-state index contributed by atoms with van der Waals surface area (Å²) in [4.78, 5) is 26.9. The van der Waals surface area contributed by atoms with Crippen molar-refractivity contribution < 1.29 is 4.79 Å². The largest absolute Gasteiger partial charge is 0.293 e. The first-order valence-electron chi connectivity index (χ1n) is 10.3. The molecule has 5 heteroatoms. The molecule has 30 heavy (non-hydrogen) atoms. The highest BCUT2D eigenvalue weighted by Crippen LogP contribution is 2.33. The molecule has 1 aliphatic rings. The number of ketones is 1. The second-order valence-corrected chi connectivity index (χ2v) is 10.1. The topological polar surface area (TPSA) is 55.7 Å². The summed E-state index contributed by atoms with van der Waals surface area (Å²) in [6.45, 7) is 10.6. The van der Waals surface area contributed by atoms with Crippen LogP contribution < -0.4 is 0 Å². The Hall–Kier alpha value is -2.66. The van der Waals surface area contributed by atoms with Crippen molar-refractivity contribution in [1.82, 2.24) is 15.0 Å². The predicted octanol–water partition coefficient (Wildman–Crippen LogP) is 6.15. The van der Waals surface area contributed by atoms with Crippen LogP contribution in [0.1, 0.15) is 77.1 Å². The molecule has 0 N–H and O–H groups in total. The van der Waals surface area contributed by atoms with Crippen LogP contribution in [0.4, 0.5) is 0 Å². The zero-order chi connectivity index (χ0) is 21.5. The van der Waals surface area contributed by atoms with Gasteiger partial charge in [-0.2, -0.15) is 0 Å². The lowest BCUT2D eigenvalue weighted by molar-refractivity contribution is 0.0979. The van der Waals surface area contributed by atoms with Gasteiger partial charge >= 0.3 is 0 Å². The molecular formula is C25H27N3OS. The number of fused-ring (bicyclic) bond motifs is 1. The molecule has 154 valence electrons. The lowest BCUT2D eigenvalue weighted by Crippen LogP contribution is -2.09. The van der Waals surface area contributed by atoms with E-state index in [0.717, 1.165) is 33.3 Å². The van der Waals surface area contributed by atoms with Crippen molar-refractivity contribution in [1.29, 1.82) is 0 Å². The van der Waals surface area contributed by atoms with E-state index in [1.54, 1.807) is 12.5 Å². The van der Waals surface area contributed by atoms with Gasteiger partial charge in [-0.05, 0) is 42.5 Å². The Bertz CT molecular complexity index is 1140. The van der Waals surface area contributed by atoms with E-state index in [-0.39, 0.29) is 17.1 Å². The lowest BCUT2D eigenvalue weighted by atomic mass is 9.90. The van der Waals surface area contributed by atoms with Crippen molar-refractivity contribution in [3.63, 3.8) is 0 Å². The van der Waals surface area contributed by atoms with Crippen molar-refractivity contribution in [2.75, 3.05) is 0 Å². The van der Waals surface area contributed by atoms with Gasteiger partial charge in [0.05, 0.1) is 21.3 Å². The van der Waals surface area contributed by atoms with Crippen LogP contribution in [0.3, 0.4) is 0 Å². The molecule has 2 heterocycles. The molecule has 0 radical (unpaired) electrons. The van der Waals surface area contributed by atoms with Crippen LogP contribution in [0.2, 0.25) is 0 Å². The second-order valence-electron chi connectivity index (χ2n) is 9.07. The summed E-state index contributed by atoms with van der Waals surface area (Å²) >= 11 is 1.52. The monoisotopic (exact) mass is 417 g/mol. The minimum absolute atomic E-state index is 0.0298. The van der Waals surface area contributed by atoms with Gasteiger partial charge in [-0.15, -0.1) is 11.3 Å². The number of allylic oxidation sites excluding steroid dienone is 1. The van der Waals surface area contributed by atoms with Crippen molar-refractivity contribution >= 4 is 23.2 Å². The summed E-state index contributed by atoms with van der Waals surface area (Å²) < 4.78 is 0. The highest BCUT2D eigenvalue weighted by molar-refractivity contribution is 7.13. The summed E-state index contributed by atoms with van der Waals surface area (Å²) in [5, 5.41) is 1.01. The number of aryl methyl sites for hydroxylation is 1. The van der Waals surface area contributed by atoms with Crippen molar-refractivity contribution in [2.24, 2.45) is 0 Å². The van der Waals surface area contributed by atoms with Gasteiger partial charge in [0.25, 0.3) is 0 Å². The zero-order valence-electron chi connectivity index (χ0n) is 18.2. The Labute approximate surface area is 182 Å². The molecule has 2 aromatic heterocycles. The van der Waals surface area contributed by atoms with Crippen molar-refractivity contribution in [3.8, 4) is 11.3 Å². The number of Topliss-reactive ketones (excluding diaryl/α,β-unsaturated/α-hetero) is 1. The molecule has 1 atom stereocenters. The quantitative estimate of drug-likeness (QED) is 0.467. The maximum Gasteiger partial charge on any atom is 0.175 e. The van der Waals surface area contributed by atoms with Crippen LogP contribution in [-0.4, -0.2) is 20.7 Å². The molecule has 0 saturated carbocycles. The first-order valence-corrected chi connectivity index (χ1v) is 11.2. The van der Waals surface area contributed by atoms with Gasteiger partial charge in [0.1, 0.15) is 6.33 Å². The van der Waals surface area contributed by atoms with E-state index in [1.165, 1.54) is 28.0 Å². The zero-order valence-corrected chi connectivity index (χ0v) is 19.0. The molecule has 0 aliphatic heterocycles. The smallest absolute Gasteiger partial charge is 0.175 e. The molecule has 1 unspecified atom stereocenters. The highest BCUT2D eigenvalue weighted by atomic mass is 32.1. The standard InChI is InChI=1S/C25H27N3OS/c1-15-11-17(23-19-7-6-8-20(19)27-14-28-23)9-10-18(15)16(2)12-21(29)22-13-26-24(30-22)25(3,4)5/h6,8-11,13-14,16H,7,12H2,1-5H3. The van der Waals surface area contributed by atoms with Gasteiger partial charge < -0.3 is 0 Å². The second kappa shape index (κ2) is 7.88. The van der Waals surface area contributed by atoms with Crippen LogP contribution in [0.15, 0.2) is 36.8 Å². The van der Waals surface area contributed by atoms with E-state index in [0.29, 0.717) is 6.42 Å². The van der Waals surface area contributed by atoms with Gasteiger partial charge in [-0.25, -0.2) is 15.0 Å². The fourth-order valence-corrected chi connectivity index (χ4v) is 4.84. The summed E-state index contributed by atoms with van der Waals surface area (Å²) in [6, 6.07) is 6.45. The predicted molar refractivity (Wildman–Crippen MR) is 123 cm³/mol. The molecule has 4 nitrogen and oxygen atoms in total. The fraction of sp³-hybridized carbons (Fsp3) is 0.360. The Balaban J connectivity index is 1.53. The van der Waals surface area contributed by atoms with Crippen LogP contribution in [0.25, 0.3) is 17.3 Å². The fourth-order valence-electron chi connectivity index (χ4n) is 3.92. The SMILES string of the molecule is Cc1cc(-c2ncnc3c2CC=C3)ccc1C(C)CC(=O)c1cnc(C(C)(C)C)s1. The molecular weight excluding hydrogens is 390 g/mol. The minimum Gasteiger partial charge on any atom is -0.293 e. The lowest BCUT2D eigenvalue weighted by Gasteiger charge is -2.16. The molecule has 4 rings (SSSR count). The number of rotatable bonds is 5. The Kier molecular flexibility index (Phi) is 5.41. The molecule has 0 fully saturated rings. The van der Waals surface area contributed by atoms with Crippen molar-refractivity contribution in [3.05, 3.63) is 69.1 Å². The Morgan fingerprint density at radius 1 is 1.20 bits per heavy atom. The number of carbonyl (C=O) groups excluding carboxylic acids is 1. The molecule has 1 aliphatic carbocycles. The molecule has 0 amide bonds. The highest BCUT2D eigenvalue weighted by Gasteiger charge is 2.22. The number of aromatic nitrogens is 3. The number of hydrogen-bond acceptors (Lipinski definition) is 5. The van der Waals surface area contributed by atoms with E-state index < -0.39 is 0 Å². The van der Waals surface area contributed by atoms with Gasteiger partial charge in [0.2, 0.25) is 0 Å². The van der Waals surface area contributed by atoms with Gasteiger partial charge in [-0.1, -0.05) is 45.9 Å². The summed E-state index contributed by atoms with van der Waals surface area (Å²) in [6.07, 6.45) is 8.92. The van der Waals surface area contributed by atoms with Crippen LogP contribution in [0, 0.1) is 6.92 Å². The van der Waals surface area contributed by atoms with Gasteiger partial charge in [0.15, 0.2) is 5.78 Å². The third-order valence-corrected chi connectivity index (χ3v) is 7.03. The number of nitrogens with zero attached hydrogens (tertiary/aromatic N) is 3. The maximum absolute atomic E-state index is 12.8. The Morgan fingerprint density at radius 3 is 2.70 bits per heavy atom. The minimum atomic E-state index is -0.0298. The van der Waals surface area contributed by atoms with Crippen LogP contribution >= 0.6 is 11.3 Å². The van der Waals surface area contributed by atoms with Gasteiger partial charge in [0, 0.05) is 29.2 Å². The number of carbonyl (C=O) groups is 1. The maximum atomic E-state index is 12.8. The van der Waals surface area contributed by atoms with E-state index in [2.05, 4.69) is 79.9 Å². The third-order valence-electron chi connectivity index (χ3n) is 5.56. The summed E-state index contributed by atoms with van der Waals surface area (Å²) in [7, 11) is 0. The van der Waals surface area contributed by atoms with Gasteiger partial charge in [-0.3, -0.25) is 4.79 Å². The molecule has 0 bridgehead atoms. The Morgan fingerprint density at radius 2 is 2.00 bits per heavy atom. The first kappa shape index (κ1) is 20.6. The van der Waals surface area contributed by atoms with Crippen LogP contribution in [0.5, 0.6) is 0 Å². The number of hydrogen-bond donors (Lipinski definition) is 0. The summed E-state index contributed by atoms with van der Waals surface area (Å²) in [5.74, 6) is 0.309. The van der Waals surface area contributed by atoms with E-state index in [1.807, 2.05) is 0 Å². The molecule has 0 spiro atoms. The summed E-state index contributed by atoms with van der Waals surface area (Å²) in [5.41, 5.74) is 6.67. The average Bonchev–Trinajstić information content (AvgIpc) is 3.36. The van der Waals surface area contributed by atoms with E-state index in [4.69, 9.17) is 0 Å². The molecule has 1 aromatic carbocycles. The van der Waals surface area contributed by atoms with E-state index in [9.17, 15) is 4.79 Å². The average molecular weight is 418 g/mol. The van der Waals surface area contributed by atoms with E-state index >= 15 is 0 Å².